The zero-order valence-electron chi connectivity index (χ0n) is 10.0. The molecule has 1 atom stereocenters. The number of benzene rings is 1. The summed E-state index contributed by atoms with van der Waals surface area (Å²) in [6, 6.07) is 5.94. The van der Waals surface area contributed by atoms with Crippen LogP contribution in [0.4, 0.5) is 0 Å². The first-order valence-corrected chi connectivity index (χ1v) is 6.12. The van der Waals surface area contributed by atoms with Crippen molar-refractivity contribution in [3.8, 4) is 5.75 Å². The normalized spacial score (nSPS) is 12.9. The summed E-state index contributed by atoms with van der Waals surface area (Å²) in [6.07, 6.45) is 0. The van der Waals surface area contributed by atoms with Crippen molar-refractivity contribution >= 4 is 15.9 Å². The number of halogens is 1. The maximum Gasteiger partial charge on any atom is 0.125 e. The highest BCUT2D eigenvalue weighted by Crippen LogP contribution is 2.27. The maximum absolute atomic E-state index is 5.89. The number of hydrogen-bond donors (Lipinski definition) is 1. The van der Waals surface area contributed by atoms with Crippen molar-refractivity contribution in [1.29, 1.82) is 0 Å². The van der Waals surface area contributed by atoms with E-state index in [1.807, 2.05) is 39.2 Å². The number of nitrogens with zero attached hydrogens (tertiary/aromatic N) is 1. The Morgan fingerprint density at radius 1 is 1.44 bits per heavy atom. The van der Waals surface area contributed by atoms with Gasteiger partial charge in [-0.15, -0.1) is 0 Å². The molecule has 0 heterocycles. The minimum absolute atomic E-state index is 0.0116. The Morgan fingerprint density at radius 3 is 2.69 bits per heavy atom. The van der Waals surface area contributed by atoms with Gasteiger partial charge in [0.2, 0.25) is 0 Å². The van der Waals surface area contributed by atoms with Crippen molar-refractivity contribution in [2.24, 2.45) is 5.73 Å². The molecule has 0 radical (unpaired) electrons. The topological polar surface area (TPSA) is 38.5 Å². The van der Waals surface area contributed by atoms with E-state index in [0.717, 1.165) is 22.3 Å². The van der Waals surface area contributed by atoms with Crippen LogP contribution < -0.4 is 10.5 Å². The lowest BCUT2D eigenvalue weighted by molar-refractivity contribution is 0.258. The molecule has 0 unspecified atom stereocenters. The van der Waals surface area contributed by atoms with E-state index in [0.29, 0.717) is 6.61 Å². The van der Waals surface area contributed by atoms with Crippen LogP contribution in [0.2, 0.25) is 0 Å². The van der Waals surface area contributed by atoms with Crippen molar-refractivity contribution in [3.05, 3.63) is 28.2 Å². The quantitative estimate of drug-likeness (QED) is 0.904. The lowest BCUT2D eigenvalue weighted by Crippen LogP contribution is -2.20. The van der Waals surface area contributed by atoms with E-state index in [9.17, 15) is 0 Å². The molecule has 90 valence electrons. The fourth-order valence-corrected chi connectivity index (χ4v) is 1.69. The van der Waals surface area contributed by atoms with E-state index in [-0.39, 0.29) is 6.04 Å². The summed E-state index contributed by atoms with van der Waals surface area (Å²) in [6.45, 7) is 3.52. The maximum atomic E-state index is 5.89. The number of ether oxygens (including phenoxy) is 1. The second-order valence-corrected chi connectivity index (χ2v) is 5.04. The fraction of sp³-hybridized carbons (Fsp3) is 0.500. The van der Waals surface area contributed by atoms with E-state index in [2.05, 4.69) is 20.8 Å². The highest BCUT2D eigenvalue weighted by molar-refractivity contribution is 9.10. The van der Waals surface area contributed by atoms with Crippen molar-refractivity contribution in [3.63, 3.8) is 0 Å². The van der Waals surface area contributed by atoms with Crippen molar-refractivity contribution in [1.82, 2.24) is 4.90 Å². The molecular weight excluding hydrogens is 268 g/mol. The molecule has 1 aromatic carbocycles. The van der Waals surface area contributed by atoms with E-state index in [1.54, 1.807) is 0 Å². The van der Waals surface area contributed by atoms with Crippen LogP contribution in [-0.2, 0) is 0 Å². The average molecular weight is 287 g/mol. The average Bonchev–Trinajstić information content (AvgIpc) is 2.16. The fourth-order valence-electron chi connectivity index (χ4n) is 1.35. The molecule has 0 fully saturated rings. The predicted octanol–water partition coefficient (Wildman–Crippen LogP) is 2.41. The molecule has 0 aliphatic rings. The van der Waals surface area contributed by atoms with Crippen LogP contribution >= 0.6 is 15.9 Å². The Balaban J connectivity index is 2.72. The zero-order chi connectivity index (χ0) is 12.1. The van der Waals surface area contributed by atoms with E-state index >= 15 is 0 Å². The van der Waals surface area contributed by atoms with Gasteiger partial charge in [-0.2, -0.15) is 0 Å². The summed E-state index contributed by atoms with van der Waals surface area (Å²) in [7, 11) is 4.05. The summed E-state index contributed by atoms with van der Waals surface area (Å²) in [5.74, 6) is 0.867. The lowest BCUT2D eigenvalue weighted by atomic mass is 10.1. The van der Waals surface area contributed by atoms with Gasteiger partial charge in [0.1, 0.15) is 12.4 Å². The van der Waals surface area contributed by atoms with E-state index in [4.69, 9.17) is 10.5 Å². The smallest absolute Gasteiger partial charge is 0.125 e. The molecule has 0 amide bonds. The predicted molar refractivity (Wildman–Crippen MR) is 70.8 cm³/mol. The molecule has 0 aliphatic carbocycles. The molecule has 1 aromatic rings. The van der Waals surface area contributed by atoms with Crippen LogP contribution in [0.1, 0.15) is 18.5 Å². The third-order valence-electron chi connectivity index (χ3n) is 2.26. The third kappa shape index (κ3) is 4.12. The van der Waals surface area contributed by atoms with Gasteiger partial charge in [0, 0.05) is 22.6 Å². The number of hydrogen-bond acceptors (Lipinski definition) is 3. The minimum Gasteiger partial charge on any atom is -0.492 e. The SMILES string of the molecule is C[C@@H](N)c1ccc(Br)cc1OCCN(C)C. The van der Waals surface area contributed by atoms with Gasteiger partial charge in [0.15, 0.2) is 0 Å². The van der Waals surface area contributed by atoms with Crippen LogP contribution in [0, 0.1) is 0 Å². The van der Waals surface area contributed by atoms with Gasteiger partial charge in [-0.3, -0.25) is 0 Å². The largest absolute Gasteiger partial charge is 0.492 e. The molecule has 0 aromatic heterocycles. The standard InChI is InChI=1S/C12H19BrN2O/c1-9(14)11-5-4-10(13)8-12(11)16-7-6-15(2)3/h4-5,8-9H,6-7,14H2,1-3H3/t9-/m1/s1. The molecule has 0 aliphatic heterocycles. The zero-order valence-corrected chi connectivity index (χ0v) is 11.6. The van der Waals surface area contributed by atoms with Gasteiger partial charge in [-0.25, -0.2) is 0 Å². The second kappa shape index (κ2) is 6.23. The van der Waals surface area contributed by atoms with Crippen molar-refractivity contribution in [2.45, 2.75) is 13.0 Å². The second-order valence-electron chi connectivity index (χ2n) is 4.12. The molecule has 3 nitrogen and oxygen atoms in total. The monoisotopic (exact) mass is 286 g/mol. The highest BCUT2D eigenvalue weighted by Gasteiger charge is 2.08. The minimum atomic E-state index is -0.0116. The molecule has 16 heavy (non-hydrogen) atoms. The van der Waals surface area contributed by atoms with Crippen molar-refractivity contribution < 1.29 is 4.74 Å². The molecule has 4 heteroatoms. The Kier molecular flexibility index (Phi) is 5.25. The summed E-state index contributed by atoms with van der Waals surface area (Å²) >= 11 is 3.44. The van der Waals surface area contributed by atoms with Gasteiger partial charge < -0.3 is 15.4 Å². The lowest BCUT2D eigenvalue weighted by Gasteiger charge is -2.16. The first-order chi connectivity index (χ1) is 7.50. The van der Waals surface area contributed by atoms with Gasteiger partial charge in [0.25, 0.3) is 0 Å². The molecule has 0 bridgehead atoms. The molecular formula is C12H19BrN2O. The van der Waals surface area contributed by atoms with E-state index < -0.39 is 0 Å². The summed E-state index contributed by atoms with van der Waals surface area (Å²) in [5.41, 5.74) is 6.93. The van der Waals surface area contributed by atoms with Crippen LogP contribution in [-0.4, -0.2) is 32.1 Å². The molecule has 0 spiro atoms. The summed E-state index contributed by atoms with van der Waals surface area (Å²) < 4.78 is 6.75. The van der Waals surface area contributed by atoms with Gasteiger partial charge >= 0.3 is 0 Å². The molecule has 1 rings (SSSR count). The van der Waals surface area contributed by atoms with Gasteiger partial charge in [-0.1, -0.05) is 22.0 Å². The molecule has 2 N–H and O–H groups in total. The van der Waals surface area contributed by atoms with Crippen LogP contribution in [0.5, 0.6) is 5.75 Å². The van der Waals surface area contributed by atoms with Crippen molar-refractivity contribution in [2.75, 3.05) is 27.2 Å². The Morgan fingerprint density at radius 2 is 2.12 bits per heavy atom. The van der Waals surface area contributed by atoms with E-state index in [1.165, 1.54) is 0 Å². The van der Waals surface area contributed by atoms with Crippen LogP contribution in [0.15, 0.2) is 22.7 Å². The Bertz CT molecular complexity index is 340. The Hall–Kier alpha value is -0.580. The summed E-state index contributed by atoms with van der Waals surface area (Å²) in [4.78, 5) is 2.09. The van der Waals surface area contributed by atoms with Gasteiger partial charge in [0.05, 0.1) is 0 Å². The highest BCUT2D eigenvalue weighted by atomic mass is 79.9. The van der Waals surface area contributed by atoms with Crippen LogP contribution in [0.3, 0.4) is 0 Å². The van der Waals surface area contributed by atoms with Crippen LogP contribution in [0.25, 0.3) is 0 Å². The number of nitrogens with two attached hydrogens (primary N) is 1. The molecule has 0 saturated carbocycles. The first-order valence-electron chi connectivity index (χ1n) is 5.33. The number of likely N-dealkylation sites (N-methyl/N-ethyl adjacent to an activating group) is 1. The summed E-state index contributed by atoms with van der Waals surface area (Å²) in [5, 5.41) is 0. The van der Waals surface area contributed by atoms with Gasteiger partial charge in [-0.05, 0) is 33.2 Å². The first kappa shape index (κ1) is 13.5. The third-order valence-corrected chi connectivity index (χ3v) is 2.76. The Labute approximate surface area is 106 Å². The molecule has 0 saturated heterocycles. The number of rotatable bonds is 5.